The molecule has 0 aliphatic heterocycles. The zero-order valence-electron chi connectivity index (χ0n) is 18.2. The molecular formula is C24H30N4O2. The lowest BCUT2D eigenvalue weighted by Gasteiger charge is -2.26. The molecule has 30 heavy (non-hydrogen) atoms. The molecule has 1 saturated carbocycles. The molecule has 0 saturated heterocycles. The van der Waals surface area contributed by atoms with Gasteiger partial charge in [-0.3, -0.25) is 14.3 Å². The van der Waals surface area contributed by atoms with Crippen molar-refractivity contribution in [3.05, 3.63) is 69.4 Å². The highest BCUT2D eigenvalue weighted by atomic mass is 16.2. The fourth-order valence-corrected chi connectivity index (χ4v) is 4.80. The summed E-state index contributed by atoms with van der Waals surface area (Å²) in [5.74, 6) is -0.226. The third-order valence-corrected chi connectivity index (χ3v) is 6.46. The van der Waals surface area contributed by atoms with Gasteiger partial charge in [0.1, 0.15) is 5.69 Å². The third kappa shape index (κ3) is 3.40. The van der Waals surface area contributed by atoms with Crippen LogP contribution >= 0.6 is 0 Å². The average Bonchev–Trinajstić information content (AvgIpc) is 3.16. The Morgan fingerprint density at radius 3 is 2.33 bits per heavy atom. The number of nitrogens with one attached hydrogen (secondary N) is 1. The largest absolute Gasteiger partial charge is 0.345 e. The molecular weight excluding hydrogens is 376 g/mol. The molecule has 1 aliphatic carbocycles. The summed E-state index contributed by atoms with van der Waals surface area (Å²) < 4.78 is 5.67. The van der Waals surface area contributed by atoms with E-state index >= 15 is 0 Å². The minimum Gasteiger partial charge on any atom is -0.345 e. The van der Waals surface area contributed by atoms with Crippen molar-refractivity contribution < 1.29 is 4.79 Å². The second-order valence-corrected chi connectivity index (χ2v) is 8.34. The molecule has 1 aliphatic rings. The minimum absolute atomic E-state index is 0.226. The number of carbonyl (C=O) groups excluding carboxylic acids is 1. The van der Waals surface area contributed by atoms with Crippen LogP contribution in [-0.4, -0.2) is 19.8 Å². The van der Waals surface area contributed by atoms with Crippen LogP contribution in [0.3, 0.4) is 0 Å². The number of amides is 1. The highest BCUT2D eigenvalue weighted by molar-refractivity contribution is 6.05. The first-order valence-corrected chi connectivity index (χ1v) is 10.7. The number of aromatic nitrogens is 3. The quantitative estimate of drug-likeness (QED) is 0.685. The standard InChI is InChI=1S/C24H30N4O2/c1-16-15-21(17(2)27(16)19-11-7-5-8-12-19)23(29)25-22-18(3)26(4)28(24(22)30)20-13-9-6-10-14-20/h6,9-10,13-15,19H,5,7-8,11-12H2,1-4H3,(H,25,29). The minimum atomic E-state index is -0.226. The Labute approximate surface area is 177 Å². The van der Waals surface area contributed by atoms with E-state index in [-0.39, 0.29) is 11.5 Å². The fourth-order valence-electron chi connectivity index (χ4n) is 4.80. The molecule has 3 aromatic rings. The van der Waals surface area contributed by atoms with Crippen LogP contribution in [0.4, 0.5) is 5.69 Å². The molecule has 0 unspecified atom stereocenters. The number of anilines is 1. The smallest absolute Gasteiger partial charge is 0.295 e. The number of carbonyl (C=O) groups is 1. The van der Waals surface area contributed by atoms with Crippen LogP contribution in [0.2, 0.25) is 0 Å². The summed E-state index contributed by atoms with van der Waals surface area (Å²) in [6.07, 6.45) is 6.11. The van der Waals surface area contributed by atoms with Gasteiger partial charge < -0.3 is 9.88 Å². The van der Waals surface area contributed by atoms with Crippen molar-refractivity contribution in [2.24, 2.45) is 7.05 Å². The number of hydrogen-bond donors (Lipinski definition) is 1. The molecule has 2 aromatic heterocycles. The normalized spacial score (nSPS) is 14.8. The second kappa shape index (κ2) is 8.01. The molecule has 158 valence electrons. The van der Waals surface area contributed by atoms with Crippen LogP contribution in [0, 0.1) is 20.8 Å². The number of aryl methyl sites for hydroxylation is 1. The topological polar surface area (TPSA) is 61.0 Å². The van der Waals surface area contributed by atoms with E-state index in [0.29, 0.717) is 17.3 Å². The van der Waals surface area contributed by atoms with E-state index in [1.807, 2.05) is 57.3 Å². The molecule has 0 radical (unpaired) electrons. The Bertz CT molecular complexity index is 1130. The highest BCUT2D eigenvalue weighted by Gasteiger charge is 2.24. The Hall–Kier alpha value is -3.02. The van der Waals surface area contributed by atoms with Crippen molar-refractivity contribution in [1.82, 2.24) is 13.9 Å². The van der Waals surface area contributed by atoms with E-state index in [0.717, 1.165) is 35.6 Å². The van der Waals surface area contributed by atoms with E-state index in [1.54, 1.807) is 9.36 Å². The average molecular weight is 407 g/mol. The Kier molecular flexibility index (Phi) is 5.41. The predicted molar refractivity (Wildman–Crippen MR) is 120 cm³/mol. The Balaban J connectivity index is 1.66. The molecule has 1 fully saturated rings. The van der Waals surface area contributed by atoms with Crippen molar-refractivity contribution in [3.8, 4) is 5.69 Å². The van der Waals surface area contributed by atoms with Crippen molar-refractivity contribution in [1.29, 1.82) is 0 Å². The van der Waals surface area contributed by atoms with E-state index in [1.165, 1.54) is 19.3 Å². The van der Waals surface area contributed by atoms with Gasteiger partial charge >= 0.3 is 0 Å². The van der Waals surface area contributed by atoms with Crippen molar-refractivity contribution >= 4 is 11.6 Å². The van der Waals surface area contributed by atoms with E-state index in [4.69, 9.17) is 0 Å². The maximum Gasteiger partial charge on any atom is 0.295 e. The Morgan fingerprint density at radius 1 is 1.00 bits per heavy atom. The lowest BCUT2D eigenvalue weighted by atomic mass is 9.95. The van der Waals surface area contributed by atoms with E-state index < -0.39 is 0 Å². The molecule has 1 aromatic carbocycles. The number of hydrogen-bond acceptors (Lipinski definition) is 2. The first-order valence-electron chi connectivity index (χ1n) is 10.7. The van der Waals surface area contributed by atoms with Gasteiger partial charge in [-0.15, -0.1) is 0 Å². The van der Waals surface area contributed by atoms with Crippen molar-refractivity contribution in [2.75, 3.05) is 5.32 Å². The van der Waals surface area contributed by atoms with Gasteiger partial charge in [0, 0.05) is 24.5 Å². The van der Waals surface area contributed by atoms with Gasteiger partial charge in [-0.2, -0.15) is 0 Å². The first kappa shape index (κ1) is 20.3. The molecule has 1 N–H and O–H groups in total. The zero-order chi connectivity index (χ0) is 21.4. The molecule has 0 bridgehead atoms. The van der Waals surface area contributed by atoms with Gasteiger partial charge in [-0.25, -0.2) is 4.68 Å². The molecule has 6 heteroatoms. The number of rotatable bonds is 4. The molecule has 0 atom stereocenters. The molecule has 2 heterocycles. The van der Waals surface area contributed by atoms with Crippen LogP contribution in [0.5, 0.6) is 0 Å². The molecule has 4 rings (SSSR count). The molecule has 1 amide bonds. The van der Waals surface area contributed by atoms with Gasteiger partial charge in [0.2, 0.25) is 0 Å². The third-order valence-electron chi connectivity index (χ3n) is 6.46. The summed E-state index contributed by atoms with van der Waals surface area (Å²) in [6.45, 7) is 5.92. The maximum absolute atomic E-state index is 13.2. The monoisotopic (exact) mass is 406 g/mol. The number of para-hydroxylation sites is 1. The Morgan fingerprint density at radius 2 is 1.67 bits per heavy atom. The van der Waals surface area contributed by atoms with Gasteiger partial charge in [-0.1, -0.05) is 37.5 Å². The first-order chi connectivity index (χ1) is 14.4. The second-order valence-electron chi connectivity index (χ2n) is 8.34. The van der Waals surface area contributed by atoms with Gasteiger partial charge in [0.25, 0.3) is 11.5 Å². The maximum atomic E-state index is 13.2. The van der Waals surface area contributed by atoms with Crippen LogP contribution < -0.4 is 10.9 Å². The molecule has 6 nitrogen and oxygen atoms in total. The van der Waals surface area contributed by atoms with Crippen molar-refractivity contribution in [3.63, 3.8) is 0 Å². The highest BCUT2D eigenvalue weighted by Crippen LogP contribution is 2.32. The van der Waals surface area contributed by atoms with Gasteiger partial charge in [0.05, 0.1) is 16.9 Å². The summed E-state index contributed by atoms with van der Waals surface area (Å²) in [7, 11) is 1.83. The summed E-state index contributed by atoms with van der Waals surface area (Å²) in [6, 6.07) is 11.9. The number of nitrogens with zero attached hydrogens (tertiary/aromatic N) is 3. The summed E-state index contributed by atoms with van der Waals surface area (Å²) in [4.78, 5) is 26.3. The van der Waals surface area contributed by atoms with Gasteiger partial charge in [0.15, 0.2) is 0 Å². The van der Waals surface area contributed by atoms with Crippen molar-refractivity contribution in [2.45, 2.75) is 58.9 Å². The zero-order valence-corrected chi connectivity index (χ0v) is 18.2. The van der Waals surface area contributed by atoms with Crippen LogP contribution in [-0.2, 0) is 7.05 Å². The number of benzene rings is 1. The summed E-state index contributed by atoms with van der Waals surface area (Å²) in [5.41, 5.74) is 4.32. The fraction of sp³-hybridized carbons (Fsp3) is 0.417. The van der Waals surface area contributed by atoms with E-state index in [2.05, 4.69) is 16.8 Å². The van der Waals surface area contributed by atoms with Crippen LogP contribution in [0.15, 0.2) is 41.2 Å². The lowest BCUT2D eigenvalue weighted by molar-refractivity contribution is 0.102. The summed E-state index contributed by atoms with van der Waals surface area (Å²) >= 11 is 0. The van der Waals surface area contributed by atoms with Gasteiger partial charge in [-0.05, 0) is 51.8 Å². The molecule has 0 spiro atoms. The van der Waals surface area contributed by atoms with Crippen LogP contribution in [0.25, 0.3) is 5.69 Å². The van der Waals surface area contributed by atoms with Crippen LogP contribution in [0.1, 0.15) is 65.6 Å². The SMILES string of the molecule is Cc1cc(C(=O)Nc2c(C)n(C)n(-c3ccccc3)c2=O)c(C)n1C1CCCCC1. The predicted octanol–water partition coefficient (Wildman–Crippen LogP) is 4.66. The lowest BCUT2D eigenvalue weighted by Crippen LogP contribution is -2.23. The van der Waals surface area contributed by atoms with E-state index in [9.17, 15) is 9.59 Å². The summed E-state index contributed by atoms with van der Waals surface area (Å²) in [5, 5.41) is 2.90.